The van der Waals surface area contributed by atoms with Crippen molar-refractivity contribution in [3.8, 4) is 5.75 Å². The van der Waals surface area contributed by atoms with Gasteiger partial charge in [-0.3, -0.25) is 4.90 Å². The molecule has 1 heterocycles. The molecule has 0 saturated carbocycles. The molecule has 1 aliphatic rings. The van der Waals surface area contributed by atoms with E-state index in [9.17, 15) is 0 Å². The van der Waals surface area contributed by atoms with Gasteiger partial charge in [0.25, 0.3) is 0 Å². The number of hydrogen-bond donors (Lipinski definition) is 1. The molecule has 5 heteroatoms. The van der Waals surface area contributed by atoms with Gasteiger partial charge in [-0.2, -0.15) is 0 Å². The first-order valence-corrected chi connectivity index (χ1v) is 7.42. The smallest absolute Gasteiger partial charge is 0.120 e. The molecule has 0 bridgehead atoms. The largest absolute Gasteiger partial charge is 0.492 e. The first-order valence-electron chi connectivity index (χ1n) is 7.05. The average Bonchev–Trinajstić information content (AvgIpc) is 2.39. The maximum Gasteiger partial charge on any atom is 0.120 e. The van der Waals surface area contributed by atoms with E-state index in [1.165, 1.54) is 19.3 Å². The highest BCUT2D eigenvalue weighted by Gasteiger charge is 2.24. The lowest BCUT2D eigenvalue weighted by Gasteiger charge is -2.37. The van der Waals surface area contributed by atoms with Crippen molar-refractivity contribution in [1.29, 1.82) is 0 Å². The number of rotatable bonds is 5. The summed E-state index contributed by atoms with van der Waals surface area (Å²) in [6, 6.07) is 8.27. The summed E-state index contributed by atoms with van der Waals surface area (Å²) in [7, 11) is 0. The zero-order valence-electron chi connectivity index (χ0n) is 11.9. The first-order chi connectivity index (χ1) is 9.16. The van der Waals surface area contributed by atoms with E-state index < -0.39 is 0 Å². The van der Waals surface area contributed by atoms with Gasteiger partial charge in [0.1, 0.15) is 12.4 Å². The highest BCUT2D eigenvalue weighted by molar-refractivity contribution is 6.30. The van der Waals surface area contributed by atoms with E-state index in [0.717, 1.165) is 18.8 Å². The van der Waals surface area contributed by atoms with Crippen molar-refractivity contribution in [1.82, 2.24) is 4.90 Å². The summed E-state index contributed by atoms with van der Waals surface area (Å²) in [6.45, 7) is 4.84. The summed E-state index contributed by atoms with van der Waals surface area (Å²) in [5.74, 6) is 0.835. The number of nitrogens with two attached hydrogens (primary N) is 1. The topological polar surface area (TPSA) is 38.5 Å². The molecule has 1 aromatic rings. The highest BCUT2D eigenvalue weighted by atomic mass is 35.5. The fraction of sp³-hybridized carbons (Fsp3) is 0.600. The number of likely N-dealkylation sites (tertiary alicyclic amines) is 1. The summed E-state index contributed by atoms with van der Waals surface area (Å²) >= 11 is 5.93. The Morgan fingerprint density at radius 2 is 2.25 bits per heavy atom. The van der Waals surface area contributed by atoms with Crippen LogP contribution in [-0.4, -0.2) is 36.7 Å². The maximum atomic E-state index is 6.06. The zero-order valence-corrected chi connectivity index (χ0v) is 13.5. The molecule has 3 nitrogen and oxygen atoms in total. The number of hydrogen-bond acceptors (Lipinski definition) is 3. The van der Waals surface area contributed by atoms with E-state index in [2.05, 4.69) is 11.8 Å². The van der Waals surface area contributed by atoms with Gasteiger partial charge < -0.3 is 10.5 Å². The zero-order chi connectivity index (χ0) is 13.7. The predicted molar refractivity (Wildman–Crippen MR) is 87.1 cm³/mol. The quantitative estimate of drug-likeness (QED) is 0.904. The monoisotopic (exact) mass is 318 g/mol. The Balaban J connectivity index is 0.00000200. The molecule has 0 radical (unpaired) electrons. The minimum Gasteiger partial charge on any atom is -0.492 e. The highest BCUT2D eigenvalue weighted by Crippen LogP contribution is 2.20. The minimum absolute atomic E-state index is 0. The van der Waals surface area contributed by atoms with Crippen molar-refractivity contribution in [3.05, 3.63) is 29.3 Å². The third-order valence-corrected chi connectivity index (χ3v) is 3.95. The van der Waals surface area contributed by atoms with Gasteiger partial charge in [0.2, 0.25) is 0 Å². The van der Waals surface area contributed by atoms with Crippen LogP contribution in [0.15, 0.2) is 24.3 Å². The summed E-state index contributed by atoms with van der Waals surface area (Å²) in [5, 5.41) is 0.712. The van der Waals surface area contributed by atoms with E-state index in [0.29, 0.717) is 17.7 Å². The second-order valence-corrected chi connectivity index (χ2v) is 5.70. The second kappa shape index (κ2) is 8.73. The van der Waals surface area contributed by atoms with E-state index in [1.807, 2.05) is 24.3 Å². The number of piperidine rings is 1. The predicted octanol–water partition coefficient (Wildman–Crippen LogP) is 3.34. The Labute approximate surface area is 132 Å². The fourth-order valence-electron chi connectivity index (χ4n) is 2.73. The molecule has 1 aliphatic heterocycles. The second-order valence-electron chi connectivity index (χ2n) is 5.26. The third kappa shape index (κ3) is 5.13. The van der Waals surface area contributed by atoms with Crippen LogP contribution in [0.3, 0.4) is 0 Å². The summed E-state index contributed by atoms with van der Waals surface area (Å²) in [4.78, 5) is 2.46. The number of ether oxygens (including phenoxy) is 1. The van der Waals surface area contributed by atoms with Crippen molar-refractivity contribution in [2.45, 2.75) is 38.3 Å². The van der Waals surface area contributed by atoms with Gasteiger partial charge in [0.15, 0.2) is 0 Å². The third-order valence-electron chi connectivity index (χ3n) is 3.71. The van der Waals surface area contributed by atoms with Crippen LogP contribution in [0.25, 0.3) is 0 Å². The Morgan fingerprint density at radius 3 is 2.95 bits per heavy atom. The van der Waals surface area contributed by atoms with Gasteiger partial charge >= 0.3 is 0 Å². The Bertz CT molecular complexity index is 401. The summed E-state index contributed by atoms with van der Waals surface area (Å²) < 4.78 is 5.75. The molecule has 20 heavy (non-hydrogen) atoms. The van der Waals surface area contributed by atoms with E-state index in [4.69, 9.17) is 22.1 Å². The molecule has 0 aromatic heterocycles. The molecule has 2 atom stereocenters. The Morgan fingerprint density at radius 1 is 1.45 bits per heavy atom. The van der Waals surface area contributed by atoms with Crippen LogP contribution in [0.2, 0.25) is 5.02 Å². The lowest BCUT2D eigenvalue weighted by Crippen LogP contribution is -2.50. The van der Waals surface area contributed by atoms with Crippen LogP contribution < -0.4 is 10.5 Å². The standard InChI is InChI=1S/C15H23ClN2O.ClH/c1-12(17)15-7-2-3-8-18(15)9-10-19-14-6-4-5-13(16)11-14;/h4-6,11-12,15H,2-3,7-10,17H2,1H3;1H. The van der Waals surface area contributed by atoms with E-state index in [-0.39, 0.29) is 18.4 Å². The molecular formula is C15H24Cl2N2O. The maximum absolute atomic E-state index is 6.06. The molecule has 0 spiro atoms. The van der Waals surface area contributed by atoms with Crippen molar-refractivity contribution >= 4 is 24.0 Å². The van der Waals surface area contributed by atoms with E-state index >= 15 is 0 Å². The molecule has 114 valence electrons. The van der Waals surface area contributed by atoms with E-state index in [1.54, 1.807) is 0 Å². The van der Waals surface area contributed by atoms with Gasteiger partial charge in [-0.05, 0) is 44.5 Å². The van der Waals surface area contributed by atoms with Crippen LogP contribution >= 0.6 is 24.0 Å². The minimum atomic E-state index is 0. The normalized spacial score (nSPS) is 21.1. The summed E-state index contributed by atoms with van der Waals surface area (Å²) in [5.41, 5.74) is 6.06. The van der Waals surface area contributed by atoms with Crippen molar-refractivity contribution < 1.29 is 4.74 Å². The molecule has 1 fully saturated rings. The van der Waals surface area contributed by atoms with Crippen LogP contribution in [0.1, 0.15) is 26.2 Å². The fourth-order valence-corrected chi connectivity index (χ4v) is 2.91. The van der Waals surface area contributed by atoms with Gasteiger partial charge in [0.05, 0.1) is 0 Å². The molecule has 2 N–H and O–H groups in total. The van der Waals surface area contributed by atoms with Crippen LogP contribution in [0.4, 0.5) is 0 Å². The number of nitrogens with zero attached hydrogens (tertiary/aromatic N) is 1. The van der Waals surface area contributed by atoms with Crippen molar-refractivity contribution in [2.75, 3.05) is 19.7 Å². The van der Waals surface area contributed by atoms with Gasteiger partial charge in [-0.25, -0.2) is 0 Å². The SMILES string of the molecule is CC(N)C1CCCCN1CCOc1cccc(Cl)c1.Cl. The summed E-state index contributed by atoms with van der Waals surface area (Å²) in [6.07, 6.45) is 3.76. The van der Waals surface area contributed by atoms with Crippen molar-refractivity contribution in [3.63, 3.8) is 0 Å². The molecule has 0 aliphatic carbocycles. The molecular weight excluding hydrogens is 295 g/mol. The Hall–Kier alpha value is -0.480. The van der Waals surface area contributed by atoms with Crippen LogP contribution in [0.5, 0.6) is 5.75 Å². The molecule has 2 rings (SSSR count). The molecule has 1 saturated heterocycles. The van der Waals surface area contributed by atoms with Crippen molar-refractivity contribution in [2.24, 2.45) is 5.73 Å². The van der Waals surface area contributed by atoms with Gasteiger partial charge in [0, 0.05) is 23.7 Å². The molecule has 2 unspecified atom stereocenters. The lowest BCUT2D eigenvalue weighted by molar-refractivity contribution is 0.109. The van der Waals surface area contributed by atoms with Gasteiger partial charge in [-0.1, -0.05) is 24.1 Å². The van der Waals surface area contributed by atoms with Crippen LogP contribution in [-0.2, 0) is 0 Å². The number of benzene rings is 1. The molecule has 1 aromatic carbocycles. The first kappa shape index (κ1) is 17.6. The van der Waals surface area contributed by atoms with Crippen LogP contribution in [0, 0.1) is 0 Å². The van der Waals surface area contributed by atoms with Gasteiger partial charge in [-0.15, -0.1) is 12.4 Å². The number of halogens is 2. The Kier molecular flexibility index (Phi) is 7.67. The lowest BCUT2D eigenvalue weighted by atomic mass is 9.97. The molecule has 0 amide bonds. The average molecular weight is 319 g/mol.